The van der Waals surface area contributed by atoms with Gasteiger partial charge in [-0.2, -0.15) is 10.5 Å². The van der Waals surface area contributed by atoms with Gasteiger partial charge in [-0.05, 0) is 48.5 Å². The van der Waals surface area contributed by atoms with Crippen molar-refractivity contribution in [3.63, 3.8) is 0 Å². The number of quaternary nitrogens is 1. The van der Waals surface area contributed by atoms with Crippen LogP contribution in [0.4, 0.5) is 21.9 Å². The van der Waals surface area contributed by atoms with E-state index in [1.807, 2.05) is 24.3 Å². The van der Waals surface area contributed by atoms with E-state index in [1.165, 1.54) is 6.33 Å². The molecule has 240 valence electrons. The van der Waals surface area contributed by atoms with E-state index in [0.29, 0.717) is 27.9 Å². The molecule has 3 fully saturated rings. The summed E-state index contributed by atoms with van der Waals surface area (Å²) in [5.74, 6) is -0.441. The number of ether oxygens (including phenoxy) is 3. The Hall–Kier alpha value is -3.95. The van der Waals surface area contributed by atoms with Crippen LogP contribution in [0, 0.1) is 5.21 Å². The number of aromatic nitrogens is 3. The van der Waals surface area contributed by atoms with Crippen molar-refractivity contribution < 1.29 is 19.0 Å². The summed E-state index contributed by atoms with van der Waals surface area (Å²) in [6.07, 6.45) is 2.71. The third-order valence-corrected chi connectivity index (χ3v) is 8.96. The summed E-state index contributed by atoms with van der Waals surface area (Å²) in [4.78, 5) is 20.6. The SMILES string of the molecule is O=C1NNC[N+]1([O-])c1ccc(N2CCN(c3ccc(OCC4COC(Cn5cncn5)(c5ccc(Cl)cc5Cl)O4)cc3)CC2)cc1. The van der Waals surface area contributed by atoms with Gasteiger partial charge in [0.15, 0.2) is 6.67 Å². The Morgan fingerprint density at radius 2 is 1.70 bits per heavy atom. The Morgan fingerprint density at radius 1 is 1.00 bits per heavy atom. The maximum atomic E-state index is 12.8. The summed E-state index contributed by atoms with van der Waals surface area (Å²) < 4.78 is 19.4. The summed E-state index contributed by atoms with van der Waals surface area (Å²) in [5, 5.41) is 18.0. The zero-order chi connectivity index (χ0) is 31.7. The number of benzene rings is 3. The fourth-order valence-corrected chi connectivity index (χ4v) is 6.50. The van der Waals surface area contributed by atoms with Crippen LogP contribution in [0.5, 0.6) is 5.75 Å². The molecule has 7 rings (SSSR count). The van der Waals surface area contributed by atoms with E-state index in [-0.39, 0.29) is 25.9 Å². The number of hydrogen-bond donors (Lipinski definition) is 2. The molecule has 3 saturated heterocycles. The molecule has 3 atom stereocenters. The minimum Gasteiger partial charge on any atom is -0.617 e. The molecular formula is C31H32Cl2N8O5. The van der Waals surface area contributed by atoms with Crippen LogP contribution < -0.4 is 30.0 Å². The lowest BCUT2D eigenvalue weighted by Crippen LogP contribution is -2.47. The molecule has 3 aromatic carbocycles. The monoisotopic (exact) mass is 666 g/mol. The molecule has 15 heteroatoms. The van der Waals surface area contributed by atoms with Gasteiger partial charge in [-0.3, -0.25) is 0 Å². The smallest absolute Gasteiger partial charge is 0.437 e. The molecule has 4 heterocycles. The van der Waals surface area contributed by atoms with Crippen LogP contribution in [-0.2, 0) is 21.8 Å². The highest BCUT2D eigenvalue weighted by Crippen LogP contribution is 2.40. The zero-order valence-electron chi connectivity index (χ0n) is 24.7. The predicted molar refractivity (Wildman–Crippen MR) is 173 cm³/mol. The van der Waals surface area contributed by atoms with Crippen molar-refractivity contribution in [2.45, 2.75) is 18.4 Å². The zero-order valence-corrected chi connectivity index (χ0v) is 26.2. The van der Waals surface area contributed by atoms with Crippen molar-refractivity contribution in [3.05, 3.63) is 100 Å². The molecule has 3 unspecified atom stereocenters. The topological polar surface area (TPSA) is 129 Å². The van der Waals surface area contributed by atoms with Gasteiger partial charge in [0.25, 0.3) is 0 Å². The Bertz CT molecular complexity index is 1670. The Kier molecular flexibility index (Phi) is 8.46. The van der Waals surface area contributed by atoms with Crippen LogP contribution in [0.3, 0.4) is 0 Å². The molecular weight excluding hydrogens is 635 g/mol. The van der Waals surface area contributed by atoms with E-state index in [2.05, 4.69) is 42.9 Å². The van der Waals surface area contributed by atoms with Crippen molar-refractivity contribution in [3.8, 4) is 5.75 Å². The maximum absolute atomic E-state index is 12.8. The van der Waals surface area contributed by atoms with Crippen LogP contribution >= 0.6 is 23.2 Å². The van der Waals surface area contributed by atoms with Crippen molar-refractivity contribution in [1.29, 1.82) is 0 Å². The summed E-state index contributed by atoms with van der Waals surface area (Å²) >= 11 is 12.7. The number of carbonyl (C=O) groups excluding carboxylic acids is 1. The normalized spacial score (nSPS) is 24.8. The van der Waals surface area contributed by atoms with Gasteiger partial charge in [0, 0.05) is 60.3 Å². The fourth-order valence-electron chi connectivity index (χ4n) is 5.95. The van der Waals surface area contributed by atoms with Crippen LogP contribution in [0.15, 0.2) is 79.4 Å². The quantitative estimate of drug-likeness (QED) is 0.198. The van der Waals surface area contributed by atoms with Crippen LogP contribution in [0.25, 0.3) is 0 Å². The average molecular weight is 668 g/mol. The first-order valence-electron chi connectivity index (χ1n) is 14.9. The highest BCUT2D eigenvalue weighted by molar-refractivity contribution is 6.35. The van der Waals surface area contributed by atoms with Crippen molar-refractivity contribution in [2.75, 3.05) is 55.9 Å². The van der Waals surface area contributed by atoms with Gasteiger partial charge in [-0.1, -0.05) is 29.3 Å². The van der Waals surface area contributed by atoms with Gasteiger partial charge in [-0.25, -0.2) is 24.5 Å². The second kappa shape index (κ2) is 12.7. The van der Waals surface area contributed by atoms with Crippen molar-refractivity contribution >= 4 is 46.3 Å². The van der Waals surface area contributed by atoms with E-state index in [4.69, 9.17) is 37.4 Å². The summed E-state index contributed by atoms with van der Waals surface area (Å²) in [6.45, 7) is 4.14. The molecule has 3 aliphatic rings. The Morgan fingerprint density at radius 3 is 2.30 bits per heavy atom. The lowest BCUT2D eigenvalue weighted by molar-refractivity contribution is -0.190. The highest BCUT2D eigenvalue weighted by Gasteiger charge is 2.45. The summed E-state index contributed by atoms with van der Waals surface area (Å²) in [5.41, 5.74) is 8.17. The average Bonchev–Trinajstić information content (AvgIpc) is 3.82. The highest BCUT2D eigenvalue weighted by atomic mass is 35.5. The number of amides is 2. The van der Waals surface area contributed by atoms with Crippen molar-refractivity contribution in [2.24, 2.45) is 0 Å². The first kappa shape index (κ1) is 30.7. The maximum Gasteiger partial charge on any atom is 0.437 e. The van der Waals surface area contributed by atoms with E-state index in [0.717, 1.165) is 43.3 Å². The number of hydrogen-bond acceptors (Lipinski definition) is 10. The number of carbonyl (C=O) groups is 1. The van der Waals surface area contributed by atoms with E-state index < -0.39 is 16.5 Å². The van der Waals surface area contributed by atoms with Gasteiger partial charge in [0.1, 0.15) is 43.3 Å². The van der Waals surface area contributed by atoms with Gasteiger partial charge in [-0.15, -0.1) is 0 Å². The third-order valence-electron chi connectivity index (χ3n) is 8.41. The Labute approximate surface area is 275 Å². The second-order valence-corrected chi connectivity index (χ2v) is 12.2. The van der Waals surface area contributed by atoms with Crippen LogP contribution in [0.1, 0.15) is 5.56 Å². The molecule has 0 radical (unpaired) electrons. The predicted octanol–water partition coefficient (Wildman–Crippen LogP) is 4.25. The van der Waals surface area contributed by atoms with Crippen LogP contribution in [0.2, 0.25) is 10.0 Å². The van der Waals surface area contributed by atoms with E-state index >= 15 is 0 Å². The number of piperazine rings is 1. The molecule has 2 amide bonds. The first-order valence-corrected chi connectivity index (χ1v) is 15.6. The summed E-state index contributed by atoms with van der Waals surface area (Å²) in [7, 11) is 0. The minimum absolute atomic E-state index is 0.0330. The van der Waals surface area contributed by atoms with E-state index in [1.54, 1.807) is 41.3 Å². The number of anilines is 2. The number of urea groups is 1. The number of hydroxylamine groups is 2. The van der Waals surface area contributed by atoms with Gasteiger partial charge >= 0.3 is 6.03 Å². The first-order chi connectivity index (χ1) is 22.3. The van der Waals surface area contributed by atoms with Gasteiger partial charge < -0.3 is 29.2 Å². The molecule has 0 aliphatic carbocycles. The fraction of sp³-hybridized carbons (Fsp3) is 0.323. The number of nitrogens with zero attached hydrogens (tertiary/aromatic N) is 6. The van der Waals surface area contributed by atoms with Crippen LogP contribution in [-0.4, -0.2) is 73.0 Å². The van der Waals surface area contributed by atoms with Gasteiger partial charge in [0.2, 0.25) is 5.79 Å². The molecule has 13 nitrogen and oxygen atoms in total. The van der Waals surface area contributed by atoms with Crippen molar-refractivity contribution in [1.82, 2.24) is 30.3 Å². The Balaban J connectivity index is 0.930. The molecule has 1 aromatic heterocycles. The second-order valence-electron chi connectivity index (χ2n) is 11.3. The number of rotatable bonds is 9. The molecule has 2 N–H and O–H groups in total. The minimum atomic E-state index is -1.17. The number of halogens is 2. The molecule has 0 spiro atoms. The molecule has 0 bridgehead atoms. The number of nitrogens with one attached hydrogen (secondary N) is 2. The third kappa shape index (κ3) is 6.10. The largest absolute Gasteiger partial charge is 0.617 e. The molecule has 3 aliphatic heterocycles. The van der Waals surface area contributed by atoms with Gasteiger partial charge in [0.05, 0.1) is 11.6 Å². The molecule has 46 heavy (non-hydrogen) atoms. The lowest BCUT2D eigenvalue weighted by Gasteiger charge is -2.38. The standard InChI is InChI=1S/C31H32Cl2N8O5/c32-22-1-10-28(29(33)15-22)31(18-40-20-34-19-36-40)45-17-27(46-31)16-44-26-8-4-24(5-9-26)39-13-11-38(12-14-39)23-2-6-25(7-3-23)41(43)21-35-37-30(41)42/h1-10,15,19-20,27,35H,11-14,16-18,21H2,(H,37,42). The van der Waals surface area contributed by atoms with E-state index in [9.17, 15) is 10.0 Å². The lowest BCUT2D eigenvalue weighted by atomic mass is 10.1. The molecule has 0 saturated carbocycles. The molecule has 4 aromatic rings. The number of hydrazine groups is 1. The summed E-state index contributed by atoms with van der Waals surface area (Å²) in [6, 6.07) is 19.9.